The molecule has 0 radical (unpaired) electrons. The summed E-state index contributed by atoms with van der Waals surface area (Å²) in [5, 5.41) is 5.30. The molecule has 2 rings (SSSR count). The van der Waals surface area contributed by atoms with Crippen molar-refractivity contribution < 1.29 is 9.59 Å². The Kier molecular flexibility index (Phi) is 4.56. The number of benzene rings is 2. The minimum absolute atomic E-state index is 0.257. The molecule has 5 heteroatoms. The molecule has 0 unspecified atom stereocenters. The van der Waals surface area contributed by atoms with Gasteiger partial charge in [0.2, 0.25) is 0 Å². The Morgan fingerprint density at radius 3 is 2.43 bits per heavy atom. The number of nitrogens with two attached hydrogens (primary N) is 1. The molecule has 0 fully saturated rings. The molecule has 108 valence electrons. The van der Waals surface area contributed by atoms with Gasteiger partial charge in [0, 0.05) is 24.8 Å². The summed E-state index contributed by atoms with van der Waals surface area (Å²) in [4.78, 5) is 23.8. The zero-order valence-electron chi connectivity index (χ0n) is 11.7. The first kappa shape index (κ1) is 14.6. The van der Waals surface area contributed by atoms with E-state index in [1.54, 1.807) is 12.1 Å². The van der Waals surface area contributed by atoms with Gasteiger partial charge in [-0.25, -0.2) is 0 Å². The Labute approximate surface area is 123 Å². The first-order valence-electron chi connectivity index (χ1n) is 6.55. The smallest absolute Gasteiger partial charge is 0.253 e. The van der Waals surface area contributed by atoms with Crippen molar-refractivity contribution in [3.8, 4) is 0 Å². The predicted molar refractivity (Wildman–Crippen MR) is 81.9 cm³/mol. The summed E-state index contributed by atoms with van der Waals surface area (Å²) in [6.45, 7) is 0.406. The van der Waals surface area contributed by atoms with E-state index in [-0.39, 0.29) is 11.8 Å². The highest BCUT2D eigenvalue weighted by Crippen LogP contribution is 2.14. The van der Waals surface area contributed by atoms with Gasteiger partial charge in [0.25, 0.3) is 11.8 Å². The number of nitrogen functional groups attached to an aromatic ring is 1. The molecule has 0 saturated heterocycles. The summed E-state index contributed by atoms with van der Waals surface area (Å²) >= 11 is 0. The van der Waals surface area contributed by atoms with Crippen LogP contribution in [0, 0.1) is 0 Å². The summed E-state index contributed by atoms with van der Waals surface area (Å²) in [6.07, 6.45) is 0. The molecular weight excluding hydrogens is 266 g/mol. The first-order chi connectivity index (χ1) is 10.1. The van der Waals surface area contributed by atoms with Gasteiger partial charge in [-0.2, -0.15) is 0 Å². The second-order valence-electron chi connectivity index (χ2n) is 4.55. The first-order valence-corrected chi connectivity index (χ1v) is 6.55. The Hall–Kier alpha value is -2.82. The average Bonchev–Trinajstić information content (AvgIpc) is 2.53. The SMILES string of the molecule is CNC(=O)c1ccc(N)c(C(=O)NCc2ccccc2)c1. The average molecular weight is 283 g/mol. The van der Waals surface area contributed by atoms with Gasteiger partial charge in [0.15, 0.2) is 0 Å². The van der Waals surface area contributed by atoms with Crippen LogP contribution < -0.4 is 16.4 Å². The molecule has 4 N–H and O–H groups in total. The zero-order valence-corrected chi connectivity index (χ0v) is 11.7. The van der Waals surface area contributed by atoms with E-state index in [0.717, 1.165) is 5.56 Å². The molecule has 0 saturated carbocycles. The van der Waals surface area contributed by atoms with Gasteiger partial charge < -0.3 is 16.4 Å². The summed E-state index contributed by atoms with van der Waals surface area (Å²) in [6, 6.07) is 14.2. The highest BCUT2D eigenvalue weighted by Gasteiger charge is 2.13. The number of carbonyl (C=O) groups excluding carboxylic acids is 2. The van der Waals surface area contributed by atoms with Crippen molar-refractivity contribution in [3.05, 3.63) is 65.2 Å². The van der Waals surface area contributed by atoms with Crippen molar-refractivity contribution in [2.24, 2.45) is 0 Å². The highest BCUT2D eigenvalue weighted by molar-refractivity contribution is 6.03. The van der Waals surface area contributed by atoms with Crippen molar-refractivity contribution in [1.82, 2.24) is 10.6 Å². The lowest BCUT2D eigenvalue weighted by Gasteiger charge is -2.09. The van der Waals surface area contributed by atoms with Crippen molar-refractivity contribution in [1.29, 1.82) is 0 Å². The number of amides is 2. The Bertz CT molecular complexity index is 654. The highest BCUT2D eigenvalue weighted by atomic mass is 16.2. The molecule has 0 aliphatic rings. The molecule has 0 aliphatic heterocycles. The molecule has 2 amide bonds. The molecule has 0 spiro atoms. The summed E-state index contributed by atoms with van der Waals surface area (Å²) < 4.78 is 0. The Morgan fingerprint density at radius 2 is 1.76 bits per heavy atom. The van der Waals surface area contributed by atoms with E-state index in [1.807, 2.05) is 30.3 Å². The van der Waals surface area contributed by atoms with Crippen LogP contribution in [0.1, 0.15) is 26.3 Å². The van der Waals surface area contributed by atoms with Crippen molar-refractivity contribution >= 4 is 17.5 Å². The van der Waals surface area contributed by atoms with E-state index < -0.39 is 0 Å². The fraction of sp³-hybridized carbons (Fsp3) is 0.125. The van der Waals surface area contributed by atoms with E-state index in [9.17, 15) is 9.59 Å². The lowest BCUT2D eigenvalue weighted by atomic mass is 10.1. The van der Waals surface area contributed by atoms with E-state index in [0.29, 0.717) is 23.4 Å². The quantitative estimate of drug-likeness (QED) is 0.744. The molecule has 0 heterocycles. The monoisotopic (exact) mass is 283 g/mol. The third-order valence-corrected chi connectivity index (χ3v) is 3.08. The van der Waals surface area contributed by atoms with Crippen molar-refractivity contribution in [2.45, 2.75) is 6.54 Å². The summed E-state index contributed by atoms with van der Waals surface area (Å²) in [5.74, 6) is -0.561. The maximum absolute atomic E-state index is 12.2. The van der Waals surface area contributed by atoms with Crippen molar-refractivity contribution in [2.75, 3.05) is 12.8 Å². The Morgan fingerprint density at radius 1 is 1.05 bits per heavy atom. The van der Waals surface area contributed by atoms with Crippen LogP contribution in [-0.2, 0) is 6.54 Å². The van der Waals surface area contributed by atoms with E-state index in [4.69, 9.17) is 5.73 Å². The second kappa shape index (κ2) is 6.56. The topological polar surface area (TPSA) is 84.2 Å². The third-order valence-electron chi connectivity index (χ3n) is 3.08. The van der Waals surface area contributed by atoms with Crippen LogP contribution in [0.25, 0.3) is 0 Å². The molecule has 2 aromatic carbocycles. The van der Waals surface area contributed by atoms with Crippen LogP contribution in [0.4, 0.5) is 5.69 Å². The Balaban J connectivity index is 2.13. The standard InChI is InChI=1S/C16H17N3O2/c1-18-15(20)12-7-8-14(17)13(9-12)16(21)19-10-11-5-3-2-4-6-11/h2-9H,10,17H2,1H3,(H,18,20)(H,19,21). The maximum atomic E-state index is 12.2. The minimum atomic E-state index is -0.304. The molecule has 21 heavy (non-hydrogen) atoms. The van der Waals surface area contributed by atoms with Crippen LogP contribution in [0.15, 0.2) is 48.5 Å². The third kappa shape index (κ3) is 3.60. The molecule has 5 nitrogen and oxygen atoms in total. The number of nitrogens with one attached hydrogen (secondary N) is 2. The molecule has 0 atom stereocenters. The van der Waals surface area contributed by atoms with Gasteiger partial charge >= 0.3 is 0 Å². The molecule has 0 aliphatic carbocycles. The van der Waals surface area contributed by atoms with E-state index in [1.165, 1.54) is 13.1 Å². The van der Waals surface area contributed by atoms with E-state index in [2.05, 4.69) is 10.6 Å². The van der Waals surface area contributed by atoms with Crippen LogP contribution in [0.5, 0.6) is 0 Å². The van der Waals surface area contributed by atoms with Gasteiger partial charge in [-0.05, 0) is 23.8 Å². The molecule has 0 aromatic heterocycles. The normalized spacial score (nSPS) is 9.95. The second-order valence-corrected chi connectivity index (χ2v) is 4.55. The molecular formula is C16H17N3O2. The van der Waals surface area contributed by atoms with Gasteiger partial charge in [-0.15, -0.1) is 0 Å². The fourth-order valence-electron chi connectivity index (χ4n) is 1.91. The maximum Gasteiger partial charge on any atom is 0.253 e. The molecule has 2 aromatic rings. The molecule has 0 bridgehead atoms. The van der Waals surface area contributed by atoms with Crippen LogP contribution >= 0.6 is 0 Å². The van der Waals surface area contributed by atoms with Gasteiger partial charge in [0.1, 0.15) is 0 Å². The number of carbonyl (C=O) groups is 2. The van der Waals surface area contributed by atoms with Gasteiger partial charge in [-0.3, -0.25) is 9.59 Å². The van der Waals surface area contributed by atoms with Crippen LogP contribution in [-0.4, -0.2) is 18.9 Å². The van der Waals surface area contributed by atoms with Gasteiger partial charge in [-0.1, -0.05) is 30.3 Å². The van der Waals surface area contributed by atoms with Crippen LogP contribution in [0.2, 0.25) is 0 Å². The largest absolute Gasteiger partial charge is 0.398 e. The number of rotatable bonds is 4. The van der Waals surface area contributed by atoms with Crippen molar-refractivity contribution in [3.63, 3.8) is 0 Å². The summed E-state index contributed by atoms with van der Waals surface area (Å²) in [5.41, 5.74) is 7.84. The number of anilines is 1. The summed E-state index contributed by atoms with van der Waals surface area (Å²) in [7, 11) is 1.54. The zero-order chi connectivity index (χ0) is 15.2. The van der Waals surface area contributed by atoms with Gasteiger partial charge in [0.05, 0.1) is 5.56 Å². The minimum Gasteiger partial charge on any atom is -0.398 e. The fourth-order valence-corrected chi connectivity index (χ4v) is 1.91. The van der Waals surface area contributed by atoms with E-state index >= 15 is 0 Å². The lowest BCUT2D eigenvalue weighted by Crippen LogP contribution is -2.25. The van der Waals surface area contributed by atoms with Crippen LogP contribution in [0.3, 0.4) is 0 Å². The predicted octanol–water partition coefficient (Wildman–Crippen LogP) is 1.56. The number of hydrogen-bond donors (Lipinski definition) is 3. The lowest BCUT2D eigenvalue weighted by molar-refractivity contribution is 0.0951. The number of hydrogen-bond acceptors (Lipinski definition) is 3.